The molecule has 1 aromatic rings. The van der Waals surface area contributed by atoms with Crippen LogP contribution in [0.1, 0.15) is 24.1 Å². The van der Waals surface area contributed by atoms with E-state index in [4.69, 9.17) is 0 Å². The second-order valence-electron chi connectivity index (χ2n) is 5.87. The first-order valence-corrected chi connectivity index (χ1v) is 7.30. The first-order chi connectivity index (χ1) is 10.5. The van der Waals surface area contributed by atoms with E-state index in [0.29, 0.717) is 17.8 Å². The number of β-amino-alcohol motifs (C(OH)–C–C–N with tert-alkyl or cyclic N) is 1. The molecule has 22 heavy (non-hydrogen) atoms. The van der Waals surface area contributed by atoms with E-state index < -0.39 is 12.1 Å². The third kappa shape index (κ3) is 2.57. The average Bonchev–Trinajstić information content (AvgIpc) is 2.74. The Morgan fingerprint density at radius 1 is 1.32 bits per heavy atom. The third-order valence-electron chi connectivity index (χ3n) is 3.92. The number of carbonyl (C=O) groups excluding carboxylic acids is 2. The Morgan fingerprint density at radius 3 is 2.64 bits per heavy atom. The number of nitrogens with zero attached hydrogens (tertiary/aromatic N) is 1. The number of hydrogen-bond acceptors (Lipinski definition) is 3. The van der Waals surface area contributed by atoms with Gasteiger partial charge in [0.05, 0.1) is 30.0 Å². The van der Waals surface area contributed by atoms with Gasteiger partial charge < -0.3 is 20.6 Å². The van der Waals surface area contributed by atoms with Gasteiger partial charge in [-0.05, 0) is 19.4 Å². The lowest BCUT2D eigenvalue weighted by Gasteiger charge is -2.25. The highest BCUT2D eigenvalue weighted by atomic mass is 16.3. The molecule has 2 aliphatic heterocycles. The lowest BCUT2D eigenvalue weighted by atomic mass is 9.95. The molecule has 0 spiro atoms. The van der Waals surface area contributed by atoms with E-state index in [2.05, 4.69) is 10.6 Å². The van der Waals surface area contributed by atoms with E-state index in [0.717, 1.165) is 11.1 Å². The number of carbonyl (C=O) groups is 2. The molecule has 6 heteroatoms. The van der Waals surface area contributed by atoms with E-state index in [-0.39, 0.29) is 18.5 Å². The number of hydrogen-bond donors (Lipinski definition) is 3. The zero-order chi connectivity index (χ0) is 15.9. The highest BCUT2D eigenvalue weighted by Crippen LogP contribution is 2.32. The maximum Gasteiger partial charge on any atom is 0.319 e. The van der Waals surface area contributed by atoms with Crippen LogP contribution in [0.2, 0.25) is 0 Å². The molecule has 1 aromatic carbocycles. The monoisotopic (exact) mass is 301 g/mol. The van der Waals surface area contributed by atoms with Crippen LogP contribution in [-0.4, -0.2) is 41.1 Å². The molecule has 2 aliphatic rings. The maximum absolute atomic E-state index is 12.6. The summed E-state index contributed by atoms with van der Waals surface area (Å²) in [6, 6.07) is 6.99. The number of aliphatic hydroxyl groups excluding tert-OH is 1. The Balaban J connectivity index is 1.94. The summed E-state index contributed by atoms with van der Waals surface area (Å²) in [5.41, 5.74) is 3.18. The quantitative estimate of drug-likeness (QED) is 0.773. The molecular weight excluding hydrogens is 282 g/mol. The molecule has 2 heterocycles. The summed E-state index contributed by atoms with van der Waals surface area (Å²) < 4.78 is 0. The van der Waals surface area contributed by atoms with E-state index >= 15 is 0 Å². The normalized spacial score (nSPS) is 22.3. The van der Waals surface area contributed by atoms with Gasteiger partial charge in [0.25, 0.3) is 5.91 Å². The van der Waals surface area contributed by atoms with Crippen LogP contribution >= 0.6 is 0 Å². The van der Waals surface area contributed by atoms with Crippen molar-refractivity contribution in [2.45, 2.75) is 26.0 Å². The zero-order valence-corrected chi connectivity index (χ0v) is 12.6. The summed E-state index contributed by atoms with van der Waals surface area (Å²) in [5, 5.41) is 15.0. The summed E-state index contributed by atoms with van der Waals surface area (Å²) in [5.74, 6) is -0.144. The Hall–Kier alpha value is -2.34. The minimum atomic E-state index is -0.605. The lowest BCUT2D eigenvalue weighted by molar-refractivity contribution is -0.126. The number of rotatable bonds is 3. The maximum atomic E-state index is 12.6. The number of nitrogens with one attached hydrogen (secondary N) is 2. The Bertz CT molecular complexity index is 649. The molecule has 116 valence electrons. The SMILES string of the molecule is Cc1ccc([C@@H]2NC(=O)NC3=C2C(=O)N(C[C@H](C)O)C3)cc1. The van der Waals surface area contributed by atoms with Crippen molar-refractivity contribution < 1.29 is 14.7 Å². The summed E-state index contributed by atoms with van der Waals surface area (Å²) >= 11 is 0. The first kappa shape index (κ1) is 14.6. The van der Waals surface area contributed by atoms with Crippen LogP contribution in [0.15, 0.2) is 35.5 Å². The van der Waals surface area contributed by atoms with Crippen LogP contribution in [0, 0.1) is 6.92 Å². The lowest BCUT2D eigenvalue weighted by Crippen LogP contribution is -2.44. The molecule has 3 rings (SSSR count). The molecule has 0 saturated heterocycles. The van der Waals surface area contributed by atoms with Crippen molar-refractivity contribution >= 4 is 11.9 Å². The molecule has 3 amide bonds. The van der Waals surface area contributed by atoms with Crippen molar-refractivity contribution in [3.63, 3.8) is 0 Å². The molecule has 3 N–H and O–H groups in total. The van der Waals surface area contributed by atoms with Crippen molar-refractivity contribution in [3.8, 4) is 0 Å². The zero-order valence-electron chi connectivity index (χ0n) is 12.6. The van der Waals surface area contributed by atoms with E-state index in [9.17, 15) is 14.7 Å². The molecular formula is C16H19N3O3. The Morgan fingerprint density at radius 2 is 2.00 bits per heavy atom. The second-order valence-corrected chi connectivity index (χ2v) is 5.87. The molecule has 2 atom stereocenters. The number of aryl methyl sites for hydroxylation is 1. The van der Waals surface area contributed by atoms with Gasteiger partial charge >= 0.3 is 6.03 Å². The Kier molecular flexibility index (Phi) is 3.62. The number of benzene rings is 1. The minimum Gasteiger partial charge on any atom is -0.392 e. The fourth-order valence-electron chi connectivity index (χ4n) is 2.90. The Labute approximate surface area is 128 Å². The van der Waals surface area contributed by atoms with Crippen LogP contribution in [0.25, 0.3) is 0 Å². The smallest absolute Gasteiger partial charge is 0.319 e. The number of amides is 3. The summed E-state index contributed by atoms with van der Waals surface area (Å²) in [7, 11) is 0. The summed E-state index contributed by atoms with van der Waals surface area (Å²) in [6.45, 7) is 4.20. The van der Waals surface area contributed by atoms with Gasteiger partial charge in [-0.25, -0.2) is 4.79 Å². The fourth-order valence-corrected chi connectivity index (χ4v) is 2.90. The van der Waals surface area contributed by atoms with Gasteiger partial charge in [0.15, 0.2) is 0 Å². The van der Waals surface area contributed by atoms with Gasteiger partial charge in [0.2, 0.25) is 0 Å². The topological polar surface area (TPSA) is 81.7 Å². The summed E-state index contributed by atoms with van der Waals surface area (Å²) in [6.07, 6.45) is -0.605. The molecule has 0 fully saturated rings. The van der Waals surface area contributed by atoms with Gasteiger partial charge in [0.1, 0.15) is 0 Å². The van der Waals surface area contributed by atoms with E-state index in [1.165, 1.54) is 0 Å². The van der Waals surface area contributed by atoms with E-state index in [1.54, 1.807) is 11.8 Å². The highest BCUT2D eigenvalue weighted by molar-refractivity contribution is 6.01. The van der Waals surface area contributed by atoms with Gasteiger partial charge in [-0.15, -0.1) is 0 Å². The van der Waals surface area contributed by atoms with Gasteiger partial charge in [-0.1, -0.05) is 29.8 Å². The molecule has 0 unspecified atom stereocenters. The van der Waals surface area contributed by atoms with Crippen LogP contribution in [0.4, 0.5) is 4.79 Å². The predicted octanol–water partition coefficient (Wildman–Crippen LogP) is 0.826. The minimum absolute atomic E-state index is 0.144. The molecule has 6 nitrogen and oxygen atoms in total. The van der Waals surface area contributed by atoms with Crippen molar-refractivity contribution in [2.24, 2.45) is 0 Å². The molecule has 0 bridgehead atoms. The van der Waals surface area contributed by atoms with Crippen LogP contribution in [0.5, 0.6) is 0 Å². The van der Waals surface area contributed by atoms with E-state index in [1.807, 2.05) is 31.2 Å². The molecule has 0 saturated carbocycles. The third-order valence-corrected chi connectivity index (χ3v) is 3.92. The molecule has 0 radical (unpaired) electrons. The predicted molar refractivity (Wildman–Crippen MR) is 80.9 cm³/mol. The van der Waals surface area contributed by atoms with Crippen molar-refractivity contribution in [3.05, 3.63) is 46.7 Å². The van der Waals surface area contributed by atoms with Gasteiger partial charge in [0, 0.05) is 6.54 Å². The van der Waals surface area contributed by atoms with Crippen molar-refractivity contribution in [2.75, 3.05) is 13.1 Å². The van der Waals surface area contributed by atoms with Crippen LogP contribution < -0.4 is 10.6 Å². The molecule has 0 aromatic heterocycles. The van der Waals surface area contributed by atoms with Crippen molar-refractivity contribution in [1.29, 1.82) is 0 Å². The second kappa shape index (κ2) is 5.46. The average molecular weight is 301 g/mol. The highest BCUT2D eigenvalue weighted by Gasteiger charge is 2.40. The standard InChI is InChI=1S/C16H19N3O3/c1-9-3-5-11(6-4-9)14-13-12(17-16(22)18-14)8-19(15(13)21)7-10(2)20/h3-6,10,14,20H,7-8H2,1-2H3,(H2,17,18,22)/t10-,14-/m0/s1. The van der Waals surface area contributed by atoms with Gasteiger partial charge in [-0.3, -0.25) is 4.79 Å². The van der Waals surface area contributed by atoms with Gasteiger partial charge in [-0.2, -0.15) is 0 Å². The molecule has 0 aliphatic carbocycles. The largest absolute Gasteiger partial charge is 0.392 e. The van der Waals surface area contributed by atoms with Crippen LogP contribution in [0.3, 0.4) is 0 Å². The first-order valence-electron chi connectivity index (χ1n) is 7.30. The fraction of sp³-hybridized carbons (Fsp3) is 0.375. The summed E-state index contributed by atoms with van der Waals surface area (Å²) in [4.78, 5) is 26.0. The van der Waals surface area contributed by atoms with Crippen LogP contribution in [-0.2, 0) is 4.79 Å². The number of urea groups is 1. The number of aliphatic hydroxyl groups is 1. The van der Waals surface area contributed by atoms with Crippen molar-refractivity contribution in [1.82, 2.24) is 15.5 Å².